The number of carbonyl (C=O) groups excluding carboxylic acids is 1. The molecule has 0 atom stereocenters. The van der Waals surface area contributed by atoms with Gasteiger partial charge in [-0.3, -0.25) is 9.10 Å². The quantitative estimate of drug-likeness (QED) is 0.435. The van der Waals surface area contributed by atoms with Gasteiger partial charge in [0.2, 0.25) is 15.9 Å². The lowest BCUT2D eigenvalue weighted by Crippen LogP contribution is -2.32. The molecule has 1 N–H and O–H groups in total. The summed E-state index contributed by atoms with van der Waals surface area (Å²) in [6.45, 7) is 3.04. The number of halogens is 1. The molecule has 0 fully saturated rings. The maximum absolute atomic E-state index is 12.2. The van der Waals surface area contributed by atoms with E-state index in [1.54, 1.807) is 12.1 Å². The van der Waals surface area contributed by atoms with Gasteiger partial charge in [-0.1, -0.05) is 37.1 Å². The summed E-state index contributed by atoms with van der Waals surface area (Å²) in [7, 11) is -2.04. The van der Waals surface area contributed by atoms with Crippen LogP contribution in [-0.2, 0) is 21.2 Å². The molecule has 0 unspecified atom stereocenters. The van der Waals surface area contributed by atoms with Crippen LogP contribution in [-0.4, -0.2) is 47.4 Å². The highest BCUT2D eigenvalue weighted by atomic mass is 35.5. The lowest BCUT2D eigenvalue weighted by atomic mass is 10.1. The van der Waals surface area contributed by atoms with E-state index in [0.29, 0.717) is 36.0 Å². The van der Waals surface area contributed by atoms with Gasteiger partial charge in [-0.25, -0.2) is 8.42 Å². The third-order valence-electron chi connectivity index (χ3n) is 4.74. The lowest BCUT2D eigenvalue weighted by Gasteiger charge is -2.23. The molecule has 0 spiro atoms. The molecule has 7 nitrogen and oxygen atoms in total. The number of ether oxygens (including phenoxy) is 2. The van der Waals surface area contributed by atoms with Crippen molar-refractivity contribution in [2.45, 2.75) is 32.6 Å². The largest absolute Gasteiger partial charge is 0.495 e. The first-order chi connectivity index (χ1) is 15.2. The minimum atomic E-state index is -3.53. The zero-order valence-electron chi connectivity index (χ0n) is 18.8. The molecule has 176 valence electrons. The lowest BCUT2D eigenvalue weighted by molar-refractivity contribution is -0.121. The van der Waals surface area contributed by atoms with Crippen molar-refractivity contribution >= 4 is 33.2 Å². The Balaban J connectivity index is 1.76. The van der Waals surface area contributed by atoms with E-state index in [4.69, 9.17) is 21.1 Å². The predicted octanol–water partition coefficient (Wildman–Crippen LogP) is 4.04. The number of hydrogen-bond donors (Lipinski definition) is 1. The molecule has 32 heavy (non-hydrogen) atoms. The molecule has 2 aromatic rings. The number of carbonyl (C=O) groups is 1. The third kappa shape index (κ3) is 8.24. The van der Waals surface area contributed by atoms with Crippen LogP contribution >= 0.6 is 11.6 Å². The van der Waals surface area contributed by atoms with Crippen LogP contribution in [0.3, 0.4) is 0 Å². The second-order valence-corrected chi connectivity index (χ2v) is 9.66. The minimum absolute atomic E-state index is 0.159. The first kappa shape index (κ1) is 25.8. The number of sulfonamides is 1. The number of hydrogen-bond acceptors (Lipinski definition) is 5. The van der Waals surface area contributed by atoms with Crippen LogP contribution in [0, 0.1) is 0 Å². The molecule has 0 aromatic heterocycles. The van der Waals surface area contributed by atoms with Crippen LogP contribution < -0.4 is 19.1 Å². The molecule has 0 radical (unpaired) electrons. The third-order valence-corrected chi connectivity index (χ3v) is 6.23. The van der Waals surface area contributed by atoms with Crippen molar-refractivity contribution in [1.29, 1.82) is 0 Å². The highest BCUT2D eigenvalue weighted by Gasteiger charge is 2.19. The van der Waals surface area contributed by atoms with E-state index >= 15 is 0 Å². The summed E-state index contributed by atoms with van der Waals surface area (Å²) in [4.78, 5) is 12.1. The van der Waals surface area contributed by atoms with Gasteiger partial charge in [0.1, 0.15) is 18.1 Å². The van der Waals surface area contributed by atoms with Crippen molar-refractivity contribution in [2.24, 2.45) is 0 Å². The summed E-state index contributed by atoms with van der Waals surface area (Å²) in [5.74, 6) is 1.07. The molecule has 0 heterocycles. The topological polar surface area (TPSA) is 84.9 Å². The maximum atomic E-state index is 12.2. The van der Waals surface area contributed by atoms with Crippen molar-refractivity contribution in [2.75, 3.05) is 37.4 Å². The number of amides is 1. The monoisotopic (exact) mass is 482 g/mol. The van der Waals surface area contributed by atoms with Crippen LogP contribution in [0.2, 0.25) is 5.02 Å². The number of rotatable bonds is 13. The first-order valence-electron chi connectivity index (χ1n) is 10.5. The Bertz CT molecular complexity index is 980. The van der Waals surface area contributed by atoms with Crippen molar-refractivity contribution in [3.8, 4) is 11.5 Å². The Kier molecular flexibility index (Phi) is 10.1. The van der Waals surface area contributed by atoms with E-state index in [-0.39, 0.29) is 18.9 Å². The minimum Gasteiger partial charge on any atom is -0.495 e. The zero-order valence-corrected chi connectivity index (χ0v) is 20.3. The van der Waals surface area contributed by atoms with Gasteiger partial charge in [0, 0.05) is 13.0 Å². The molecule has 2 aromatic carbocycles. The number of benzene rings is 2. The van der Waals surface area contributed by atoms with E-state index < -0.39 is 10.0 Å². The van der Waals surface area contributed by atoms with Gasteiger partial charge < -0.3 is 14.8 Å². The smallest absolute Gasteiger partial charge is 0.232 e. The van der Waals surface area contributed by atoms with Crippen LogP contribution in [0.4, 0.5) is 5.69 Å². The average molecular weight is 483 g/mol. The Morgan fingerprint density at radius 3 is 2.47 bits per heavy atom. The standard InChI is InChI=1S/C23H31ClN2O5S/c1-4-6-18-8-11-20(12-9-18)31-16-14-25-23(27)7-5-15-26(32(3,28)29)19-10-13-22(30-2)21(24)17-19/h8-13,17H,4-7,14-16H2,1-3H3,(H,25,27). The summed E-state index contributed by atoms with van der Waals surface area (Å²) >= 11 is 6.12. The highest BCUT2D eigenvalue weighted by molar-refractivity contribution is 7.92. The van der Waals surface area contributed by atoms with Gasteiger partial charge in [0.25, 0.3) is 0 Å². The van der Waals surface area contributed by atoms with Gasteiger partial charge in [-0.15, -0.1) is 0 Å². The average Bonchev–Trinajstić information content (AvgIpc) is 2.74. The summed E-state index contributed by atoms with van der Waals surface area (Å²) in [5, 5.41) is 3.11. The van der Waals surface area contributed by atoms with E-state index in [1.807, 2.05) is 24.3 Å². The van der Waals surface area contributed by atoms with Gasteiger partial charge in [0.05, 0.1) is 30.6 Å². The molecular formula is C23H31ClN2O5S. The molecule has 9 heteroatoms. The SMILES string of the molecule is CCCc1ccc(OCCNC(=O)CCCN(c2ccc(OC)c(Cl)c2)S(C)(=O)=O)cc1. The number of anilines is 1. The fourth-order valence-corrected chi connectivity index (χ4v) is 4.38. The van der Waals surface area contributed by atoms with Gasteiger partial charge in [0.15, 0.2) is 0 Å². The first-order valence-corrected chi connectivity index (χ1v) is 12.8. The molecule has 0 saturated carbocycles. The molecule has 0 bridgehead atoms. The van der Waals surface area contributed by atoms with Crippen molar-refractivity contribution in [1.82, 2.24) is 5.32 Å². The predicted molar refractivity (Wildman–Crippen MR) is 128 cm³/mol. The normalized spacial score (nSPS) is 11.1. The zero-order chi connectivity index (χ0) is 23.6. The molecule has 2 rings (SSSR count). The summed E-state index contributed by atoms with van der Waals surface area (Å²) in [5.41, 5.74) is 1.70. The van der Waals surface area contributed by atoms with Crippen molar-refractivity contribution in [3.63, 3.8) is 0 Å². The second-order valence-electron chi connectivity index (χ2n) is 7.35. The second kappa shape index (κ2) is 12.6. The molecule has 0 aliphatic heterocycles. The fraction of sp³-hybridized carbons (Fsp3) is 0.435. The Morgan fingerprint density at radius 1 is 1.16 bits per heavy atom. The Morgan fingerprint density at radius 2 is 1.88 bits per heavy atom. The maximum Gasteiger partial charge on any atom is 0.232 e. The van der Waals surface area contributed by atoms with Crippen molar-refractivity contribution in [3.05, 3.63) is 53.1 Å². The van der Waals surface area contributed by atoms with E-state index in [1.165, 1.54) is 23.0 Å². The molecule has 0 aliphatic rings. The van der Waals surface area contributed by atoms with Crippen LogP contribution in [0.1, 0.15) is 31.7 Å². The molecule has 0 saturated heterocycles. The molecular weight excluding hydrogens is 452 g/mol. The van der Waals surface area contributed by atoms with Crippen molar-refractivity contribution < 1.29 is 22.7 Å². The number of methoxy groups -OCH3 is 1. The van der Waals surface area contributed by atoms with Crippen LogP contribution in [0.15, 0.2) is 42.5 Å². The van der Waals surface area contributed by atoms with E-state index in [2.05, 4.69) is 12.2 Å². The Hall–Kier alpha value is -2.45. The van der Waals surface area contributed by atoms with Crippen LogP contribution in [0.5, 0.6) is 11.5 Å². The summed E-state index contributed by atoms with van der Waals surface area (Å²) in [6.07, 6.45) is 3.82. The number of aryl methyl sites for hydroxylation is 1. The fourth-order valence-electron chi connectivity index (χ4n) is 3.17. The number of nitrogens with zero attached hydrogens (tertiary/aromatic N) is 1. The summed E-state index contributed by atoms with van der Waals surface area (Å²) < 4.78 is 36.4. The van der Waals surface area contributed by atoms with Gasteiger partial charge in [-0.05, 0) is 48.7 Å². The number of nitrogens with one attached hydrogen (secondary N) is 1. The molecule has 1 amide bonds. The molecule has 0 aliphatic carbocycles. The van der Waals surface area contributed by atoms with Crippen LogP contribution in [0.25, 0.3) is 0 Å². The summed E-state index contributed by atoms with van der Waals surface area (Å²) in [6, 6.07) is 12.7. The highest BCUT2D eigenvalue weighted by Crippen LogP contribution is 2.30. The van der Waals surface area contributed by atoms with E-state index in [0.717, 1.165) is 24.8 Å². The van der Waals surface area contributed by atoms with Gasteiger partial charge >= 0.3 is 0 Å². The Labute approximate surface area is 195 Å². The van der Waals surface area contributed by atoms with E-state index in [9.17, 15) is 13.2 Å². The van der Waals surface area contributed by atoms with Gasteiger partial charge in [-0.2, -0.15) is 0 Å².